The molecule has 7 nitrogen and oxygen atoms in total. The Balaban J connectivity index is 1.86. The second-order valence-corrected chi connectivity index (χ2v) is 8.05. The molecule has 27 heavy (non-hydrogen) atoms. The number of fused-ring (bicyclic) bond motifs is 4. The maximum Gasteiger partial charge on any atom is 0.250 e. The summed E-state index contributed by atoms with van der Waals surface area (Å²) in [5.41, 5.74) is 1.27. The highest BCUT2D eigenvalue weighted by atomic mass is 16.5. The molecule has 3 aliphatic rings. The molecular weight excluding hydrogens is 346 g/mol. The second kappa shape index (κ2) is 6.14. The molecular formula is C20H25N3O4. The van der Waals surface area contributed by atoms with E-state index in [1.807, 2.05) is 39.0 Å². The first-order valence-electron chi connectivity index (χ1n) is 9.37. The average Bonchev–Trinajstić information content (AvgIpc) is 3.20. The summed E-state index contributed by atoms with van der Waals surface area (Å²) in [4.78, 5) is 40.9. The Morgan fingerprint density at radius 2 is 1.96 bits per heavy atom. The Morgan fingerprint density at radius 1 is 1.22 bits per heavy atom. The molecule has 1 aromatic rings. The summed E-state index contributed by atoms with van der Waals surface area (Å²) in [6.07, 6.45) is 0. The maximum absolute atomic E-state index is 13.3. The van der Waals surface area contributed by atoms with Crippen LogP contribution in [0.3, 0.4) is 0 Å². The van der Waals surface area contributed by atoms with E-state index in [1.54, 1.807) is 0 Å². The fourth-order valence-corrected chi connectivity index (χ4v) is 4.88. The molecule has 2 fully saturated rings. The molecule has 144 valence electrons. The van der Waals surface area contributed by atoms with E-state index in [0.29, 0.717) is 5.69 Å². The summed E-state index contributed by atoms with van der Waals surface area (Å²) >= 11 is 0. The quantitative estimate of drug-likeness (QED) is 0.772. The molecule has 4 atom stereocenters. The van der Waals surface area contributed by atoms with E-state index in [-0.39, 0.29) is 42.8 Å². The standard InChI is InChI=1S/C20H25N3O4/c1-10(2)16-14-15(18(25)23(17(14)24)7-8-27-4)20(22-16)12-9-11(3)5-6-13(12)21-19(20)26/h5-6,9-10,14-16,22H,7-8H2,1-4H3,(H,21,26). The van der Waals surface area contributed by atoms with E-state index >= 15 is 0 Å². The van der Waals surface area contributed by atoms with Crippen LogP contribution in [0.2, 0.25) is 0 Å². The number of carbonyl (C=O) groups is 3. The number of nitrogens with zero attached hydrogens (tertiary/aromatic N) is 1. The molecule has 0 bridgehead atoms. The Bertz CT molecular complexity index is 837. The van der Waals surface area contributed by atoms with Gasteiger partial charge in [0.2, 0.25) is 17.7 Å². The minimum atomic E-state index is -1.20. The number of anilines is 1. The van der Waals surface area contributed by atoms with Crippen LogP contribution < -0.4 is 10.6 Å². The molecule has 0 saturated carbocycles. The van der Waals surface area contributed by atoms with Crippen molar-refractivity contribution in [3.63, 3.8) is 0 Å². The smallest absolute Gasteiger partial charge is 0.250 e. The van der Waals surface area contributed by atoms with Gasteiger partial charge in [0.1, 0.15) is 5.54 Å². The van der Waals surface area contributed by atoms with Crippen LogP contribution in [0.15, 0.2) is 18.2 Å². The van der Waals surface area contributed by atoms with Gasteiger partial charge in [0.05, 0.1) is 25.0 Å². The molecule has 3 heterocycles. The summed E-state index contributed by atoms with van der Waals surface area (Å²) in [5, 5.41) is 6.34. The molecule has 3 amide bonds. The van der Waals surface area contributed by atoms with E-state index in [0.717, 1.165) is 11.1 Å². The lowest BCUT2D eigenvalue weighted by Gasteiger charge is -2.30. The lowest BCUT2D eigenvalue weighted by molar-refractivity contribution is -0.143. The first-order chi connectivity index (χ1) is 12.8. The molecule has 1 aromatic carbocycles. The van der Waals surface area contributed by atoms with E-state index < -0.39 is 17.4 Å². The summed E-state index contributed by atoms with van der Waals surface area (Å²) in [6, 6.07) is 5.48. The Kier molecular flexibility index (Phi) is 4.12. The predicted octanol–water partition coefficient (Wildman–Crippen LogP) is 1.02. The number of hydrogen-bond acceptors (Lipinski definition) is 5. The van der Waals surface area contributed by atoms with Gasteiger partial charge in [-0.2, -0.15) is 0 Å². The lowest BCUT2D eigenvalue weighted by Crippen LogP contribution is -2.54. The van der Waals surface area contributed by atoms with Gasteiger partial charge in [0.15, 0.2) is 0 Å². The van der Waals surface area contributed by atoms with E-state index in [4.69, 9.17) is 4.74 Å². The van der Waals surface area contributed by atoms with Crippen LogP contribution in [0.4, 0.5) is 5.69 Å². The minimum absolute atomic E-state index is 0.0951. The molecule has 7 heteroatoms. The van der Waals surface area contributed by atoms with Crippen LogP contribution in [-0.2, 0) is 24.7 Å². The number of likely N-dealkylation sites (tertiary alicyclic amines) is 1. The van der Waals surface area contributed by atoms with Gasteiger partial charge in [-0.1, -0.05) is 31.5 Å². The van der Waals surface area contributed by atoms with Crippen molar-refractivity contribution in [1.29, 1.82) is 0 Å². The van der Waals surface area contributed by atoms with Crippen LogP contribution in [0.5, 0.6) is 0 Å². The van der Waals surface area contributed by atoms with Crippen LogP contribution in [-0.4, -0.2) is 48.9 Å². The largest absolute Gasteiger partial charge is 0.383 e. The Labute approximate surface area is 158 Å². The number of rotatable bonds is 4. The number of ether oxygens (including phenoxy) is 1. The highest BCUT2D eigenvalue weighted by molar-refractivity contribution is 6.15. The molecule has 4 rings (SSSR count). The minimum Gasteiger partial charge on any atom is -0.383 e. The number of amides is 3. The third kappa shape index (κ3) is 2.31. The number of nitrogens with one attached hydrogen (secondary N) is 2. The van der Waals surface area contributed by atoms with Gasteiger partial charge in [-0.3, -0.25) is 24.6 Å². The monoisotopic (exact) mass is 371 g/mol. The number of methoxy groups -OCH3 is 1. The summed E-state index contributed by atoms with van der Waals surface area (Å²) in [7, 11) is 1.54. The van der Waals surface area contributed by atoms with Gasteiger partial charge in [0.25, 0.3) is 0 Å². The molecule has 1 spiro atoms. The molecule has 0 radical (unpaired) electrons. The van der Waals surface area contributed by atoms with Gasteiger partial charge in [-0.05, 0) is 18.9 Å². The maximum atomic E-state index is 13.3. The Hall–Kier alpha value is -2.25. The molecule has 0 aliphatic carbocycles. The molecule has 2 saturated heterocycles. The zero-order valence-corrected chi connectivity index (χ0v) is 16.0. The number of hydrogen-bond donors (Lipinski definition) is 2. The highest BCUT2D eigenvalue weighted by Gasteiger charge is 2.70. The van der Waals surface area contributed by atoms with E-state index in [1.165, 1.54) is 12.0 Å². The number of carbonyl (C=O) groups excluding carboxylic acids is 3. The molecule has 0 aromatic heterocycles. The van der Waals surface area contributed by atoms with Gasteiger partial charge in [-0.15, -0.1) is 0 Å². The lowest BCUT2D eigenvalue weighted by atomic mass is 9.75. The predicted molar refractivity (Wildman–Crippen MR) is 98.8 cm³/mol. The fraction of sp³-hybridized carbons (Fsp3) is 0.550. The normalized spacial score (nSPS) is 31.8. The van der Waals surface area contributed by atoms with Crippen molar-refractivity contribution >= 4 is 23.4 Å². The van der Waals surface area contributed by atoms with Gasteiger partial charge < -0.3 is 10.1 Å². The summed E-state index contributed by atoms with van der Waals surface area (Å²) in [6.45, 7) is 6.46. The topological polar surface area (TPSA) is 87.7 Å². The SMILES string of the molecule is COCCN1C(=O)C2C(C(C)C)NC3(C(=O)Nc4ccc(C)cc43)C2C1=O. The van der Waals surface area contributed by atoms with Crippen LogP contribution >= 0.6 is 0 Å². The molecule has 3 aliphatic heterocycles. The van der Waals surface area contributed by atoms with Crippen molar-refractivity contribution < 1.29 is 19.1 Å². The first-order valence-corrected chi connectivity index (χ1v) is 9.37. The fourth-order valence-electron chi connectivity index (χ4n) is 4.88. The van der Waals surface area contributed by atoms with Crippen molar-refractivity contribution in [2.24, 2.45) is 17.8 Å². The van der Waals surface area contributed by atoms with Crippen molar-refractivity contribution in [1.82, 2.24) is 10.2 Å². The second-order valence-electron chi connectivity index (χ2n) is 8.05. The van der Waals surface area contributed by atoms with Crippen LogP contribution in [0.1, 0.15) is 25.0 Å². The third-order valence-electron chi connectivity index (χ3n) is 6.13. The van der Waals surface area contributed by atoms with Gasteiger partial charge in [0, 0.05) is 24.4 Å². The van der Waals surface area contributed by atoms with Crippen molar-refractivity contribution in [3.05, 3.63) is 29.3 Å². The van der Waals surface area contributed by atoms with Crippen LogP contribution in [0.25, 0.3) is 0 Å². The van der Waals surface area contributed by atoms with Crippen molar-refractivity contribution in [2.75, 3.05) is 25.6 Å². The zero-order valence-electron chi connectivity index (χ0n) is 16.0. The van der Waals surface area contributed by atoms with Gasteiger partial charge >= 0.3 is 0 Å². The number of imide groups is 1. The first kappa shape index (κ1) is 18.1. The van der Waals surface area contributed by atoms with Crippen LogP contribution in [0, 0.1) is 24.7 Å². The average molecular weight is 371 g/mol. The van der Waals surface area contributed by atoms with E-state index in [2.05, 4.69) is 10.6 Å². The Morgan fingerprint density at radius 3 is 2.63 bits per heavy atom. The van der Waals surface area contributed by atoms with Gasteiger partial charge in [-0.25, -0.2) is 0 Å². The number of aryl methyl sites for hydroxylation is 1. The zero-order chi connectivity index (χ0) is 19.5. The number of benzene rings is 1. The van der Waals surface area contributed by atoms with Crippen molar-refractivity contribution in [3.8, 4) is 0 Å². The highest BCUT2D eigenvalue weighted by Crippen LogP contribution is 2.53. The van der Waals surface area contributed by atoms with E-state index in [9.17, 15) is 14.4 Å². The molecule has 2 N–H and O–H groups in total. The molecule has 4 unspecified atom stereocenters. The summed E-state index contributed by atoms with van der Waals surface area (Å²) < 4.78 is 5.07. The third-order valence-corrected chi connectivity index (χ3v) is 6.13. The van der Waals surface area contributed by atoms with Crippen molar-refractivity contribution in [2.45, 2.75) is 32.4 Å². The summed E-state index contributed by atoms with van der Waals surface area (Å²) in [5.74, 6) is -1.95.